The van der Waals surface area contributed by atoms with E-state index < -0.39 is 9.84 Å². The highest BCUT2D eigenvalue weighted by Crippen LogP contribution is 2.04. The second kappa shape index (κ2) is 9.46. The molecular formula is C16H27N3O2S. The second-order valence-corrected chi connectivity index (χ2v) is 7.75. The van der Waals surface area contributed by atoms with Gasteiger partial charge in [-0.25, -0.2) is 13.4 Å². The number of sulfone groups is 1. The number of unbranched alkanes of at least 4 members (excludes halogenated alkanes) is 1. The Morgan fingerprint density at radius 1 is 1.14 bits per heavy atom. The van der Waals surface area contributed by atoms with E-state index >= 15 is 0 Å². The first kappa shape index (κ1) is 18.5. The molecule has 22 heavy (non-hydrogen) atoms. The van der Waals surface area contributed by atoms with Crippen molar-refractivity contribution in [1.29, 1.82) is 0 Å². The summed E-state index contributed by atoms with van der Waals surface area (Å²) < 4.78 is 22.4. The first-order valence-corrected chi connectivity index (χ1v) is 9.72. The lowest BCUT2D eigenvalue weighted by atomic mass is 10.1. The van der Waals surface area contributed by atoms with Crippen molar-refractivity contribution in [1.82, 2.24) is 10.6 Å². The smallest absolute Gasteiger partial charge is 0.191 e. The van der Waals surface area contributed by atoms with Gasteiger partial charge in [0.1, 0.15) is 9.84 Å². The van der Waals surface area contributed by atoms with Crippen LogP contribution in [0, 0.1) is 6.92 Å². The average Bonchev–Trinajstić information content (AvgIpc) is 2.45. The number of guanidine groups is 1. The highest BCUT2D eigenvalue weighted by Gasteiger charge is 2.03. The molecule has 0 amide bonds. The van der Waals surface area contributed by atoms with E-state index in [1.807, 2.05) is 0 Å². The maximum Gasteiger partial charge on any atom is 0.191 e. The van der Waals surface area contributed by atoms with Crippen molar-refractivity contribution in [2.75, 3.05) is 25.1 Å². The van der Waals surface area contributed by atoms with Crippen LogP contribution in [-0.4, -0.2) is 39.5 Å². The Morgan fingerprint density at radius 2 is 1.77 bits per heavy atom. The van der Waals surface area contributed by atoms with Crippen molar-refractivity contribution in [3.63, 3.8) is 0 Å². The summed E-state index contributed by atoms with van der Waals surface area (Å²) in [6.07, 6.45) is 3.39. The van der Waals surface area contributed by atoms with Crippen molar-refractivity contribution in [2.45, 2.75) is 33.2 Å². The normalized spacial score (nSPS) is 12.2. The Kier molecular flexibility index (Phi) is 7.95. The largest absolute Gasteiger partial charge is 0.356 e. The van der Waals surface area contributed by atoms with Crippen molar-refractivity contribution < 1.29 is 8.42 Å². The molecule has 0 aliphatic heterocycles. The van der Waals surface area contributed by atoms with Crippen LogP contribution in [0.5, 0.6) is 0 Å². The van der Waals surface area contributed by atoms with Gasteiger partial charge in [0.25, 0.3) is 0 Å². The van der Waals surface area contributed by atoms with Crippen molar-refractivity contribution >= 4 is 15.8 Å². The molecule has 0 aromatic heterocycles. The Labute approximate surface area is 134 Å². The van der Waals surface area contributed by atoms with Gasteiger partial charge in [-0.1, -0.05) is 43.2 Å². The van der Waals surface area contributed by atoms with E-state index in [0.29, 0.717) is 19.0 Å². The van der Waals surface area contributed by atoms with E-state index in [0.717, 1.165) is 24.9 Å². The van der Waals surface area contributed by atoms with Gasteiger partial charge in [0, 0.05) is 19.3 Å². The number of aliphatic imine (C=N–C) groups is 1. The van der Waals surface area contributed by atoms with E-state index in [9.17, 15) is 8.42 Å². The van der Waals surface area contributed by atoms with Crippen LogP contribution in [0.3, 0.4) is 0 Å². The summed E-state index contributed by atoms with van der Waals surface area (Å²) >= 11 is 0. The summed E-state index contributed by atoms with van der Waals surface area (Å²) in [7, 11) is -2.96. The summed E-state index contributed by atoms with van der Waals surface area (Å²) in [5.74, 6) is 0.768. The molecule has 0 spiro atoms. The monoisotopic (exact) mass is 325 g/mol. The highest BCUT2D eigenvalue weighted by atomic mass is 32.2. The first-order chi connectivity index (χ1) is 10.4. The molecule has 0 unspecified atom stereocenters. The molecule has 0 saturated heterocycles. The number of rotatable bonds is 8. The highest BCUT2D eigenvalue weighted by molar-refractivity contribution is 7.90. The van der Waals surface area contributed by atoms with Crippen molar-refractivity contribution in [3.05, 3.63) is 35.4 Å². The van der Waals surface area contributed by atoms with Gasteiger partial charge in [0.2, 0.25) is 0 Å². The molecular weight excluding hydrogens is 298 g/mol. The van der Waals surface area contributed by atoms with E-state index in [1.165, 1.54) is 11.8 Å². The molecule has 1 rings (SSSR count). The third kappa shape index (κ3) is 8.67. The Hall–Kier alpha value is -1.56. The molecule has 124 valence electrons. The average molecular weight is 325 g/mol. The van der Waals surface area contributed by atoms with Gasteiger partial charge in [-0.15, -0.1) is 0 Å². The first-order valence-electron chi connectivity index (χ1n) is 7.66. The molecule has 0 atom stereocenters. The SMILES string of the molecule is CCCCNC(=NCc1ccc(C)cc1)NCCS(C)(=O)=O. The van der Waals surface area contributed by atoms with Gasteiger partial charge in [-0.3, -0.25) is 0 Å². The third-order valence-corrected chi connectivity index (χ3v) is 4.07. The number of hydrogen-bond donors (Lipinski definition) is 2. The van der Waals surface area contributed by atoms with Gasteiger partial charge in [-0.05, 0) is 18.9 Å². The Bertz CT molecular complexity index is 566. The van der Waals surface area contributed by atoms with E-state index in [1.54, 1.807) is 0 Å². The summed E-state index contributed by atoms with van der Waals surface area (Å²) in [4.78, 5) is 4.51. The van der Waals surface area contributed by atoms with Gasteiger partial charge in [-0.2, -0.15) is 0 Å². The summed E-state index contributed by atoms with van der Waals surface area (Å²) in [6.45, 7) is 5.94. The molecule has 5 nitrogen and oxygen atoms in total. The Balaban J connectivity index is 2.58. The van der Waals surface area contributed by atoms with Gasteiger partial charge in [0.15, 0.2) is 5.96 Å². The topological polar surface area (TPSA) is 70.6 Å². The number of aryl methyl sites for hydroxylation is 1. The van der Waals surface area contributed by atoms with Gasteiger partial charge >= 0.3 is 0 Å². The van der Waals surface area contributed by atoms with Crippen LogP contribution in [-0.2, 0) is 16.4 Å². The van der Waals surface area contributed by atoms with Crippen LogP contribution in [0.1, 0.15) is 30.9 Å². The zero-order chi connectivity index (χ0) is 16.4. The van der Waals surface area contributed by atoms with Crippen LogP contribution in [0.25, 0.3) is 0 Å². The zero-order valence-corrected chi connectivity index (χ0v) is 14.5. The zero-order valence-electron chi connectivity index (χ0n) is 13.7. The molecule has 0 heterocycles. The molecule has 0 bridgehead atoms. The Morgan fingerprint density at radius 3 is 2.36 bits per heavy atom. The number of hydrogen-bond acceptors (Lipinski definition) is 3. The fourth-order valence-corrected chi connectivity index (χ4v) is 2.25. The van der Waals surface area contributed by atoms with Crippen LogP contribution in [0.2, 0.25) is 0 Å². The fraction of sp³-hybridized carbons (Fsp3) is 0.562. The third-order valence-electron chi connectivity index (χ3n) is 3.13. The van der Waals surface area contributed by atoms with Crippen LogP contribution < -0.4 is 10.6 Å². The summed E-state index contributed by atoms with van der Waals surface area (Å²) in [5, 5.41) is 6.31. The van der Waals surface area contributed by atoms with Crippen LogP contribution in [0.4, 0.5) is 0 Å². The molecule has 6 heteroatoms. The maximum absolute atomic E-state index is 11.2. The lowest BCUT2D eigenvalue weighted by molar-refractivity contribution is 0.600. The molecule has 0 radical (unpaired) electrons. The predicted molar refractivity (Wildman–Crippen MR) is 92.9 cm³/mol. The van der Waals surface area contributed by atoms with E-state index in [2.05, 4.69) is 53.7 Å². The number of benzene rings is 1. The molecule has 0 saturated carbocycles. The number of nitrogens with one attached hydrogen (secondary N) is 2. The predicted octanol–water partition coefficient (Wildman–Crippen LogP) is 1.87. The van der Waals surface area contributed by atoms with Crippen molar-refractivity contribution in [3.8, 4) is 0 Å². The molecule has 1 aromatic rings. The summed E-state index contributed by atoms with van der Waals surface area (Å²) in [5.41, 5.74) is 2.35. The van der Waals surface area contributed by atoms with E-state index in [4.69, 9.17) is 0 Å². The van der Waals surface area contributed by atoms with Gasteiger partial charge < -0.3 is 10.6 Å². The fourth-order valence-electron chi connectivity index (χ4n) is 1.78. The van der Waals surface area contributed by atoms with Crippen molar-refractivity contribution in [2.24, 2.45) is 4.99 Å². The molecule has 0 aliphatic rings. The standard InChI is InChI=1S/C16H27N3O2S/c1-4-5-10-17-16(18-11-12-22(3,20)21)19-13-15-8-6-14(2)7-9-15/h6-9H,4-5,10-13H2,1-3H3,(H2,17,18,19). The lowest BCUT2D eigenvalue weighted by Crippen LogP contribution is -2.40. The van der Waals surface area contributed by atoms with E-state index in [-0.39, 0.29) is 5.75 Å². The maximum atomic E-state index is 11.2. The minimum absolute atomic E-state index is 0.103. The molecule has 0 fully saturated rings. The van der Waals surface area contributed by atoms with Gasteiger partial charge in [0.05, 0.1) is 12.3 Å². The second-order valence-electron chi connectivity index (χ2n) is 5.49. The molecule has 2 N–H and O–H groups in total. The minimum atomic E-state index is -2.96. The minimum Gasteiger partial charge on any atom is -0.356 e. The lowest BCUT2D eigenvalue weighted by Gasteiger charge is -2.12. The van der Waals surface area contributed by atoms with Crippen LogP contribution >= 0.6 is 0 Å². The molecule has 0 aliphatic carbocycles. The van der Waals surface area contributed by atoms with Crippen LogP contribution in [0.15, 0.2) is 29.3 Å². The quantitative estimate of drug-likeness (QED) is 0.435. The molecule has 1 aromatic carbocycles. The number of nitrogens with zero attached hydrogens (tertiary/aromatic N) is 1. The summed E-state index contributed by atoms with van der Waals surface area (Å²) in [6, 6.07) is 8.23.